The highest BCUT2D eigenvalue weighted by atomic mass is 32.2. The van der Waals surface area contributed by atoms with Crippen LogP contribution in [0.5, 0.6) is 5.88 Å². The quantitative estimate of drug-likeness (QED) is 0.421. The second-order valence-electron chi connectivity index (χ2n) is 7.54. The molecule has 166 valence electrons. The zero-order valence-corrected chi connectivity index (χ0v) is 18.6. The van der Waals surface area contributed by atoms with Crippen molar-refractivity contribution < 1.29 is 17.6 Å². The molecule has 0 aliphatic carbocycles. The summed E-state index contributed by atoms with van der Waals surface area (Å²) in [5.74, 6) is 0.524. The number of aromatic nitrogens is 2. The summed E-state index contributed by atoms with van der Waals surface area (Å²) < 4.78 is 38.1. The Balaban J connectivity index is 1.68. The van der Waals surface area contributed by atoms with Crippen molar-refractivity contribution in [1.82, 2.24) is 9.55 Å². The summed E-state index contributed by atoms with van der Waals surface area (Å²) in [6, 6.07) is 19.1. The zero-order valence-electron chi connectivity index (χ0n) is 17.8. The summed E-state index contributed by atoms with van der Waals surface area (Å²) in [4.78, 5) is 17.2. The maximum absolute atomic E-state index is 12.9. The van der Waals surface area contributed by atoms with Crippen molar-refractivity contribution in [2.24, 2.45) is 0 Å². The van der Waals surface area contributed by atoms with E-state index in [1.165, 1.54) is 6.07 Å². The Kier molecular flexibility index (Phi) is 4.90. The molecule has 0 unspecified atom stereocenters. The third-order valence-corrected chi connectivity index (χ3v) is 5.82. The highest BCUT2D eigenvalue weighted by molar-refractivity contribution is 7.92. The number of ether oxygens (including phenoxy) is 1. The maximum atomic E-state index is 12.9. The van der Waals surface area contributed by atoms with Crippen LogP contribution in [0, 0.1) is 0 Å². The standard InChI is InChI=1S/C24H19N3O5S/c1-31-22-11-4-16(14-25-22)15-3-9-20-19(13-15)24-21(32-20)10-12-23(28)27(24)18-7-5-17(6-8-18)26-33(2,29)30/h3-14,26H,1-2H3. The summed E-state index contributed by atoms with van der Waals surface area (Å²) in [7, 11) is -1.84. The van der Waals surface area contributed by atoms with Crippen molar-refractivity contribution in [1.29, 1.82) is 0 Å². The highest BCUT2D eigenvalue weighted by Gasteiger charge is 2.15. The summed E-state index contributed by atoms with van der Waals surface area (Å²) >= 11 is 0. The lowest BCUT2D eigenvalue weighted by molar-refractivity contribution is 0.398. The minimum absolute atomic E-state index is 0.231. The molecule has 0 atom stereocenters. The Morgan fingerprint density at radius 2 is 1.67 bits per heavy atom. The molecule has 0 saturated heterocycles. The number of anilines is 1. The van der Waals surface area contributed by atoms with E-state index in [1.54, 1.807) is 54.3 Å². The van der Waals surface area contributed by atoms with E-state index in [1.807, 2.05) is 24.3 Å². The van der Waals surface area contributed by atoms with Crippen LogP contribution >= 0.6 is 0 Å². The second-order valence-corrected chi connectivity index (χ2v) is 9.29. The number of fused-ring (bicyclic) bond motifs is 3. The molecular formula is C24H19N3O5S. The monoisotopic (exact) mass is 461 g/mol. The Morgan fingerprint density at radius 1 is 0.939 bits per heavy atom. The molecule has 0 fully saturated rings. The number of hydrogen-bond donors (Lipinski definition) is 1. The van der Waals surface area contributed by atoms with Gasteiger partial charge in [0.1, 0.15) is 11.1 Å². The van der Waals surface area contributed by atoms with Crippen LogP contribution in [0.2, 0.25) is 0 Å². The van der Waals surface area contributed by atoms with E-state index in [0.717, 1.165) is 22.8 Å². The van der Waals surface area contributed by atoms with Crippen LogP contribution in [-0.2, 0) is 10.0 Å². The van der Waals surface area contributed by atoms with Gasteiger partial charge in [0.05, 0.1) is 13.4 Å². The van der Waals surface area contributed by atoms with E-state index in [9.17, 15) is 13.2 Å². The van der Waals surface area contributed by atoms with Gasteiger partial charge in [0, 0.05) is 40.7 Å². The molecule has 9 heteroatoms. The number of sulfonamides is 1. The SMILES string of the molecule is COc1ccc(-c2ccc3oc4ccc(=O)n(-c5ccc(NS(C)(=O)=O)cc5)c4c3c2)cn1. The van der Waals surface area contributed by atoms with Crippen molar-refractivity contribution in [2.75, 3.05) is 18.1 Å². The van der Waals surface area contributed by atoms with Crippen LogP contribution in [0.3, 0.4) is 0 Å². The number of rotatable bonds is 5. The van der Waals surface area contributed by atoms with Crippen LogP contribution in [0.25, 0.3) is 38.9 Å². The van der Waals surface area contributed by atoms with E-state index >= 15 is 0 Å². The van der Waals surface area contributed by atoms with Gasteiger partial charge in [0.2, 0.25) is 15.9 Å². The van der Waals surface area contributed by atoms with Crippen LogP contribution in [0.15, 0.2) is 82.1 Å². The molecule has 3 heterocycles. The fourth-order valence-electron chi connectivity index (χ4n) is 3.78. The average molecular weight is 461 g/mol. The first-order valence-corrected chi connectivity index (χ1v) is 11.9. The number of benzene rings is 2. The van der Waals surface area contributed by atoms with Crippen molar-refractivity contribution >= 4 is 37.8 Å². The molecule has 5 aromatic rings. The normalized spacial score (nSPS) is 11.7. The maximum Gasteiger partial charge on any atom is 0.255 e. The van der Waals surface area contributed by atoms with Crippen molar-refractivity contribution in [3.63, 3.8) is 0 Å². The molecule has 0 aliphatic heterocycles. The molecule has 0 aliphatic rings. The van der Waals surface area contributed by atoms with Gasteiger partial charge in [0.25, 0.3) is 5.56 Å². The van der Waals surface area contributed by atoms with Crippen LogP contribution in [0.1, 0.15) is 0 Å². The van der Waals surface area contributed by atoms with Gasteiger partial charge in [-0.2, -0.15) is 0 Å². The van der Waals surface area contributed by atoms with E-state index in [4.69, 9.17) is 9.15 Å². The van der Waals surface area contributed by atoms with Gasteiger partial charge in [-0.25, -0.2) is 13.4 Å². The molecule has 0 spiro atoms. The molecule has 2 aromatic carbocycles. The fraction of sp³-hybridized carbons (Fsp3) is 0.0833. The van der Waals surface area contributed by atoms with Gasteiger partial charge in [0.15, 0.2) is 5.58 Å². The van der Waals surface area contributed by atoms with E-state index in [2.05, 4.69) is 9.71 Å². The number of hydrogen-bond acceptors (Lipinski definition) is 6. The van der Waals surface area contributed by atoms with Crippen LogP contribution in [0.4, 0.5) is 5.69 Å². The first-order chi connectivity index (χ1) is 15.8. The molecule has 0 amide bonds. The third-order valence-electron chi connectivity index (χ3n) is 5.22. The number of furan rings is 1. The Bertz CT molecular complexity index is 1650. The Labute approximate surface area is 189 Å². The molecular weight excluding hydrogens is 442 g/mol. The molecule has 33 heavy (non-hydrogen) atoms. The first-order valence-electron chi connectivity index (χ1n) is 9.99. The average Bonchev–Trinajstić information content (AvgIpc) is 3.17. The Morgan fingerprint density at radius 3 is 2.33 bits per heavy atom. The highest BCUT2D eigenvalue weighted by Crippen LogP contribution is 2.33. The number of nitrogens with one attached hydrogen (secondary N) is 1. The largest absolute Gasteiger partial charge is 0.481 e. The zero-order chi connectivity index (χ0) is 23.2. The van der Waals surface area contributed by atoms with Crippen molar-refractivity contribution in [2.45, 2.75) is 0 Å². The smallest absolute Gasteiger partial charge is 0.255 e. The van der Waals surface area contributed by atoms with Gasteiger partial charge >= 0.3 is 0 Å². The van der Waals surface area contributed by atoms with Gasteiger partial charge < -0.3 is 9.15 Å². The minimum atomic E-state index is -3.40. The summed E-state index contributed by atoms with van der Waals surface area (Å²) in [6.07, 6.45) is 2.81. The van der Waals surface area contributed by atoms with Gasteiger partial charge in [-0.05, 0) is 54.1 Å². The summed E-state index contributed by atoms with van der Waals surface area (Å²) in [5.41, 5.74) is 4.41. The Hall–Kier alpha value is -4.11. The summed E-state index contributed by atoms with van der Waals surface area (Å²) in [5, 5.41) is 0.773. The van der Waals surface area contributed by atoms with E-state index in [0.29, 0.717) is 33.9 Å². The van der Waals surface area contributed by atoms with Gasteiger partial charge in [-0.1, -0.05) is 6.07 Å². The minimum Gasteiger partial charge on any atom is -0.481 e. The molecule has 0 saturated carbocycles. The lowest BCUT2D eigenvalue weighted by atomic mass is 10.1. The van der Waals surface area contributed by atoms with E-state index in [-0.39, 0.29) is 5.56 Å². The van der Waals surface area contributed by atoms with Crippen LogP contribution in [-0.4, -0.2) is 31.3 Å². The molecule has 1 N–H and O–H groups in total. The fourth-order valence-corrected chi connectivity index (χ4v) is 4.34. The second kappa shape index (κ2) is 7.79. The lowest BCUT2D eigenvalue weighted by Gasteiger charge is -2.10. The van der Waals surface area contributed by atoms with Gasteiger partial charge in [-0.15, -0.1) is 0 Å². The molecule has 0 bridgehead atoms. The summed E-state index contributed by atoms with van der Waals surface area (Å²) in [6.45, 7) is 0. The molecule has 3 aromatic heterocycles. The van der Waals surface area contributed by atoms with Crippen molar-refractivity contribution in [3.05, 3.63) is 83.3 Å². The predicted molar refractivity (Wildman–Crippen MR) is 128 cm³/mol. The molecule has 0 radical (unpaired) electrons. The first kappa shape index (κ1) is 20.8. The number of pyridine rings is 2. The predicted octanol–water partition coefficient (Wildman–Crippen LogP) is 4.18. The number of nitrogens with zero attached hydrogens (tertiary/aromatic N) is 2. The molecule has 8 nitrogen and oxygen atoms in total. The topological polar surface area (TPSA) is 103 Å². The van der Waals surface area contributed by atoms with E-state index < -0.39 is 10.0 Å². The third kappa shape index (κ3) is 3.94. The molecule has 5 rings (SSSR count). The van der Waals surface area contributed by atoms with Crippen molar-refractivity contribution in [3.8, 4) is 22.7 Å². The van der Waals surface area contributed by atoms with Crippen LogP contribution < -0.4 is 15.0 Å². The lowest BCUT2D eigenvalue weighted by Crippen LogP contribution is -2.17. The number of methoxy groups -OCH3 is 1. The van der Waals surface area contributed by atoms with Gasteiger partial charge in [-0.3, -0.25) is 14.1 Å².